The Morgan fingerprint density at radius 1 is 1.24 bits per heavy atom. The van der Waals surface area contributed by atoms with Crippen molar-refractivity contribution in [3.63, 3.8) is 0 Å². The molecule has 1 heterocycles. The number of hydrogen-bond donors (Lipinski definition) is 1. The highest BCUT2D eigenvalue weighted by Crippen LogP contribution is 2.27. The summed E-state index contributed by atoms with van der Waals surface area (Å²) in [5, 5.41) is 9.93. The van der Waals surface area contributed by atoms with E-state index in [4.69, 9.17) is 5.11 Å². The lowest BCUT2D eigenvalue weighted by Gasteiger charge is -2.20. The number of benzene rings is 1. The van der Waals surface area contributed by atoms with Crippen molar-refractivity contribution in [1.29, 1.82) is 0 Å². The Hall–Kier alpha value is -2.43. The standard InChI is InChI=1S/C16H16N2O3/c19-14(18(10-15(20)21)13-6-7-13)9-12-4-1-3-11-5-2-8-17-16(11)12/h1-5,8,13H,6-7,9-10H2,(H,20,21). The molecular formula is C16H16N2O3. The molecule has 108 valence electrons. The van der Waals surface area contributed by atoms with Gasteiger partial charge >= 0.3 is 5.97 Å². The molecule has 1 aliphatic rings. The number of fused-ring (bicyclic) bond motifs is 1. The molecule has 0 radical (unpaired) electrons. The van der Waals surface area contributed by atoms with Crippen molar-refractivity contribution < 1.29 is 14.7 Å². The van der Waals surface area contributed by atoms with Crippen LogP contribution in [0.25, 0.3) is 10.9 Å². The Morgan fingerprint density at radius 2 is 2.00 bits per heavy atom. The molecule has 1 amide bonds. The summed E-state index contributed by atoms with van der Waals surface area (Å²) in [6, 6.07) is 9.62. The van der Waals surface area contributed by atoms with Gasteiger partial charge in [0.2, 0.25) is 5.91 Å². The van der Waals surface area contributed by atoms with Crippen LogP contribution in [-0.4, -0.2) is 39.5 Å². The molecule has 3 rings (SSSR count). The zero-order valence-electron chi connectivity index (χ0n) is 11.5. The van der Waals surface area contributed by atoms with Crippen molar-refractivity contribution in [2.75, 3.05) is 6.54 Å². The lowest BCUT2D eigenvalue weighted by Crippen LogP contribution is -2.38. The van der Waals surface area contributed by atoms with Gasteiger partial charge in [0, 0.05) is 17.6 Å². The molecule has 21 heavy (non-hydrogen) atoms. The summed E-state index contributed by atoms with van der Waals surface area (Å²) < 4.78 is 0. The summed E-state index contributed by atoms with van der Waals surface area (Å²) in [6.07, 6.45) is 3.68. The number of carboxylic acid groups (broad SMARTS) is 1. The normalized spacial score (nSPS) is 14.1. The second kappa shape index (κ2) is 5.52. The first-order valence-electron chi connectivity index (χ1n) is 6.99. The summed E-state index contributed by atoms with van der Waals surface area (Å²) in [5.74, 6) is -1.11. The molecule has 0 atom stereocenters. The fourth-order valence-corrected chi connectivity index (χ4v) is 2.53. The molecule has 5 heteroatoms. The van der Waals surface area contributed by atoms with Crippen LogP contribution in [0.15, 0.2) is 36.5 Å². The molecule has 1 aliphatic carbocycles. The quantitative estimate of drug-likeness (QED) is 0.909. The lowest BCUT2D eigenvalue weighted by molar-refractivity contribution is -0.144. The maximum atomic E-state index is 12.4. The smallest absolute Gasteiger partial charge is 0.323 e. The molecule has 0 bridgehead atoms. The summed E-state index contributed by atoms with van der Waals surface area (Å²) in [7, 11) is 0. The van der Waals surface area contributed by atoms with Crippen LogP contribution in [0.2, 0.25) is 0 Å². The van der Waals surface area contributed by atoms with Gasteiger partial charge in [0.05, 0.1) is 11.9 Å². The lowest BCUT2D eigenvalue weighted by atomic mass is 10.1. The molecule has 5 nitrogen and oxygen atoms in total. The highest BCUT2D eigenvalue weighted by Gasteiger charge is 2.33. The second-order valence-electron chi connectivity index (χ2n) is 5.32. The molecule has 1 aromatic heterocycles. The van der Waals surface area contributed by atoms with Crippen molar-refractivity contribution in [1.82, 2.24) is 9.88 Å². The van der Waals surface area contributed by atoms with E-state index in [2.05, 4.69) is 4.98 Å². The largest absolute Gasteiger partial charge is 0.480 e. The third-order valence-electron chi connectivity index (χ3n) is 3.67. The van der Waals surface area contributed by atoms with Crippen LogP contribution in [-0.2, 0) is 16.0 Å². The van der Waals surface area contributed by atoms with E-state index in [0.717, 1.165) is 29.3 Å². The van der Waals surface area contributed by atoms with Crippen LogP contribution in [0.5, 0.6) is 0 Å². The Balaban J connectivity index is 1.83. The van der Waals surface area contributed by atoms with Crippen LogP contribution in [0.3, 0.4) is 0 Å². The highest BCUT2D eigenvalue weighted by atomic mass is 16.4. The van der Waals surface area contributed by atoms with E-state index in [1.54, 1.807) is 6.20 Å². The van der Waals surface area contributed by atoms with E-state index >= 15 is 0 Å². The van der Waals surface area contributed by atoms with Gasteiger partial charge in [-0.15, -0.1) is 0 Å². The van der Waals surface area contributed by atoms with Gasteiger partial charge in [-0.25, -0.2) is 0 Å². The van der Waals surface area contributed by atoms with Gasteiger partial charge in [-0.05, 0) is 24.5 Å². The van der Waals surface area contributed by atoms with E-state index in [1.807, 2.05) is 30.3 Å². The third-order valence-corrected chi connectivity index (χ3v) is 3.67. The van der Waals surface area contributed by atoms with Crippen LogP contribution in [0.4, 0.5) is 0 Å². The number of aromatic nitrogens is 1. The van der Waals surface area contributed by atoms with Crippen molar-refractivity contribution >= 4 is 22.8 Å². The number of rotatable bonds is 5. The molecular weight excluding hydrogens is 268 g/mol. The summed E-state index contributed by atoms with van der Waals surface area (Å²) >= 11 is 0. The zero-order valence-corrected chi connectivity index (χ0v) is 11.5. The predicted molar refractivity (Wildman–Crippen MR) is 77.8 cm³/mol. The van der Waals surface area contributed by atoms with Gasteiger partial charge in [-0.1, -0.05) is 24.3 Å². The fraction of sp³-hybridized carbons (Fsp3) is 0.312. The minimum Gasteiger partial charge on any atom is -0.480 e. The van der Waals surface area contributed by atoms with Gasteiger partial charge in [-0.2, -0.15) is 0 Å². The minimum absolute atomic E-state index is 0.0940. The van der Waals surface area contributed by atoms with Crippen molar-refractivity contribution in [3.8, 4) is 0 Å². The molecule has 1 N–H and O–H groups in total. The molecule has 1 fully saturated rings. The second-order valence-corrected chi connectivity index (χ2v) is 5.32. The minimum atomic E-state index is -0.966. The number of para-hydroxylation sites is 1. The SMILES string of the molecule is O=C(O)CN(C(=O)Cc1cccc2cccnc12)C1CC1. The maximum Gasteiger partial charge on any atom is 0.323 e. The van der Waals surface area contributed by atoms with Crippen LogP contribution < -0.4 is 0 Å². The monoisotopic (exact) mass is 284 g/mol. The Kier molecular flexibility index (Phi) is 3.56. The first-order chi connectivity index (χ1) is 10.1. The topological polar surface area (TPSA) is 70.5 Å². The number of carbonyl (C=O) groups is 2. The molecule has 1 saturated carbocycles. The van der Waals surface area contributed by atoms with Gasteiger partial charge in [0.15, 0.2) is 0 Å². The highest BCUT2D eigenvalue weighted by molar-refractivity contribution is 5.89. The van der Waals surface area contributed by atoms with Crippen molar-refractivity contribution in [2.24, 2.45) is 0 Å². The number of amides is 1. The Bertz CT molecular complexity index is 689. The number of carboxylic acids is 1. The molecule has 2 aromatic rings. The molecule has 0 spiro atoms. The Labute approximate surface area is 122 Å². The summed E-state index contributed by atoms with van der Waals surface area (Å²) in [5.41, 5.74) is 1.65. The van der Waals surface area contributed by atoms with Crippen LogP contribution >= 0.6 is 0 Å². The molecule has 0 saturated heterocycles. The Morgan fingerprint density at radius 3 is 2.71 bits per heavy atom. The first-order valence-corrected chi connectivity index (χ1v) is 6.99. The van der Waals surface area contributed by atoms with E-state index in [9.17, 15) is 9.59 Å². The van der Waals surface area contributed by atoms with Crippen molar-refractivity contribution in [3.05, 3.63) is 42.1 Å². The van der Waals surface area contributed by atoms with Gasteiger partial charge in [0.1, 0.15) is 6.54 Å². The number of pyridine rings is 1. The van der Waals surface area contributed by atoms with Crippen molar-refractivity contribution in [2.45, 2.75) is 25.3 Å². The third kappa shape index (κ3) is 3.02. The van der Waals surface area contributed by atoms with Crippen LogP contribution in [0.1, 0.15) is 18.4 Å². The number of carbonyl (C=O) groups excluding carboxylic acids is 1. The van der Waals surface area contributed by atoms with Gasteiger partial charge in [0.25, 0.3) is 0 Å². The molecule has 1 aromatic carbocycles. The number of aliphatic carboxylic acids is 1. The first kappa shape index (κ1) is 13.5. The maximum absolute atomic E-state index is 12.4. The summed E-state index contributed by atoms with van der Waals surface area (Å²) in [4.78, 5) is 29.1. The number of nitrogens with zero attached hydrogens (tertiary/aromatic N) is 2. The predicted octanol–water partition coefficient (Wildman–Crippen LogP) is 1.85. The van der Waals surface area contributed by atoms with Gasteiger partial charge in [-0.3, -0.25) is 14.6 Å². The van der Waals surface area contributed by atoms with E-state index in [-0.39, 0.29) is 24.9 Å². The van der Waals surface area contributed by atoms with Crippen LogP contribution in [0, 0.1) is 0 Å². The van der Waals surface area contributed by atoms with E-state index in [0.29, 0.717) is 0 Å². The average molecular weight is 284 g/mol. The average Bonchev–Trinajstić information content (AvgIpc) is 3.29. The summed E-state index contributed by atoms with van der Waals surface area (Å²) in [6.45, 7) is -0.221. The van der Waals surface area contributed by atoms with E-state index in [1.165, 1.54) is 4.90 Å². The fourth-order valence-electron chi connectivity index (χ4n) is 2.53. The molecule has 0 aliphatic heterocycles. The van der Waals surface area contributed by atoms with Gasteiger partial charge < -0.3 is 10.0 Å². The van der Waals surface area contributed by atoms with E-state index < -0.39 is 5.97 Å². The number of hydrogen-bond acceptors (Lipinski definition) is 3. The zero-order chi connectivity index (χ0) is 14.8. The molecule has 0 unspecified atom stereocenters.